The monoisotopic (exact) mass is 726 g/mol. The molecule has 4 aromatic rings. The van der Waals surface area contributed by atoms with Gasteiger partial charge in [0.05, 0.1) is 70.5 Å². The molecule has 5 heteroatoms. The molecule has 0 amide bonds. The number of rotatable bonds is 12. The van der Waals surface area contributed by atoms with Crippen molar-refractivity contribution >= 4 is 52.9 Å². The van der Waals surface area contributed by atoms with E-state index in [-0.39, 0.29) is 48.2 Å². The molecule has 4 aromatic carbocycles. The Bertz CT molecular complexity index is 954. The van der Waals surface area contributed by atoms with Crippen molar-refractivity contribution in [3.05, 3.63) is 121 Å². The normalized spacial score (nSPS) is 10.2. The summed E-state index contributed by atoms with van der Waals surface area (Å²) in [6, 6.07) is 43.6. The topological polar surface area (TPSA) is 0 Å². The maximum atomic E-state index is 2.30. The van der Waals surface area contributed by atoms with E-state index in [1.165, 1.54) is 49.3 Å². The summed E-state index contributed by atoms with van der Waals surface area (Å²) in [5.74, 6) is 0. The molecule has 0 unspecified atom stereocenters. The van der Waals surface area contributed by atoms with Crippen LogP contribution in [0.5, 0.6) is 0 Å². The summed E-state index contributed by atoms with van der Waals surface area (Å²) in [5.41, 5.74) is 0. The first-order valence-electron chi connectivity index (χ1n) is 17.1. The summed E-state index contributed by atoms with van der Waals surface area (Å²) in [6.45, 7) is 18.4. The van der Waals surface area contributed by atoms with E-state index in [1.807, 2.05) is 0 Å². The van der Waals surface area contributed by atoms with E-state index in [2.05, 4.69) is 177 Å². The summed E-state index contributed by atoms with van der Waals surface area (Å²) in [5, 5.41) is 6.34. The van der Waals surface area contributed by atoms with Crippen LogP contribution in [0.1, 0.15) is 55.4 Å². The van der Waals surface area contributed by atoms with Crippen molar-refractivity contribution in [2.24, 2.45) is 0 Å². The Morgan fingerprint density at radius 1 is 0.267 bits per heavy atom. The fraction of sp³-hybridized carbons (Fsp3) is 0.400. The smallest absolute Gasteiger partial charge is 0.0620 e. The molecule has 250 valence electrons. The molecule has 0 saturated carbocycles. The third-order valence-corrected chi connectivity index (χ3v) is 19.6. The predicted octanol–water partition coefficient (Wildman–Crippen LogP) is 10.3. The summed E-state index contributed by atoms with van der Waals surface area (Å²) >= 11 is 0. The molecule has 4 rings (SSSR count). The van der Waals surface area contributed by atoms with Crippen molar-refractivity contribution in [1.82, 2.24) is 0 Å². The van der Waals surface area contributed by atoms with Crippen LogP contribution in [0.3, 0.4) is 0 Å². The van der Waals surface area contributed by atoms with Crippen LogP contribution in [0.2, 0.25) is 0 Å². The average Bonchev–Trinajstić information content (AvgIpc) is 3.10. The standard InChI is InChI=1S/4C10H15P.Ni/c4*1-3-11(4-2)10-8-6-5-7-9-10;/h4*5-9H,3-4H2,1-2H3;/p+4. The SMILES string of the molecule is CC[PH+](CC)c1ccccc1.CC[PH+](CC)c1ccccc1.CC[PH+](CC)c1ccccc1.CC[PH+](CC)c1ccccc1.[Ni]. The molecule has 0 radical (unpaired) electrons. The van der Waals surface area contributed by atoms with Crippen molar-refractivity contribution in [3.63, 3.8) is 0 Å². The Morgan fingerprint density at radius 3 is 0.511 bits per heavy atom. The number of benzene rings is 4. The van der Waals surface area contributed by atoms with Crippen molar-refractivity contribution < 1.29 is 16.5 Å². The van der Waals surface area contributed by atoms with Crippen molar-refractivity contribution in [3.8, 4) is 0 Å². The van der Waals surface area contributed by atoms with Gasteiger partial charge >= 0.3 is 0 Å². The van der Waals surface area contributed by atoms with Gasteiger partial charge in [0.2, 0.25) is 0 Å². The van der Waals surface area contributed by atoms with Gasteiger partial charge < -0.3 is 0 Å². The second kappa shape index (κ2) is 29.2. The molecule has 0 aliphatic rings. The van der Waals surface area contributed by atoms with E-state index in [1.54, 1.807) is 21.2 Å². The maximum absolute atomic E-state index is 2.30. The summed E-state index contributed by atoms with van der Waals surface area (Å²) in [7, 11) is -0.804. The maximum Gasteiger partial charge on any atom is 0.0914 e. The average molecular weight is 728 g/mol. The van der Waals surface area contributed by atoms with Gasteiger partial charge in [-0.05, 0) is 104 Å². The number of hydrogen-bond acceptors (Lipinski definition) is 0. The molecule has 0 bridgehead atoms. The Kier molecular flexibility index (Phi) is 28.7. The minimum Gasteiger partial charge on any atom is -0.0620 e. The first-order chi connectivity index (χ1) is 21.5. The van der Waals surface area contributed by atoms with Crippen LogP contribution < -0.4 is 21.2 Å². The molecule has 0 aliphatic carbocycles. The van der Waals surface area contributed by atoms with Gasteiger partial charge in [0.15, 0.2) is 0 Å². The van der Waals surface area contributed by atoms with Crippen LogP contribution in [-0.4, -0.2) is 49.3 Å². The first kappa shape index (κ1) is 44.1. The van der Waals surface area contributed by atoms with Crippen LogP contribution >= 0.6 is 31.7 Å². The molecule has 0 fully saturated rings. The molecule has 0 spiro atoms. The van der Waals surface area contributed by atoms with Gasteiger partial charge in [-0.2, -0.15) is 0 Å². The molecule has 45 heavy (non-hydrogen) atoms. The van der Waals surface area contributed by atoms with Gasteiger partial charge in [-0.1, -0.05) is 72.8 Å². The van der Waals surface area contributed by atoms with Crippen LogP contribution in [0.4, 0.5) is 0 Å². The van der Waals surface area contributed by atoms with Gasteiger partial charge in [-0.25, -0.2) is 0 Å². The largest absolute Gasteiger partial charge is 0.0914 e. The van der Waals surface area contributed by atoms with E-state index in [0.29, 0.717) is 0 Å². The molecule has 0 nitrogen and oxygen atoms in total. The number of hydrogen-bond donors (Lipinski definition) is 0. The van der Waals surface area contributed by atoms with Crippen LogP contribution in [0, 0.1) is 0 Å². The Labute approximate surface area is 294 Å². The van der Waals surface area contributed by atoms with Crippen molar-refractivity contribution in [1.29, 1.82) is 0 Å². The Balaban J connectivity index is 0.000000569. The Morgan fingerprint density at radius 2 is 0.400 bits per heavy atom. The van der Waals surface area contributed by atoms with E-state index < -0.39 is 0 Å². The van der Waals surface area contributed by atoms with E-state index >= 15 is 0 Å². The Hall–Kier alpha value is -0.906. The second-order valence-electron chi connectivity index (χ2n) is 10.7. The minimum atomic E-state index is -0.201. The molecule has 0 aliphatic heterocycles. The first-order valence-corrected chi connectivity index (χ1v) is 24.8. The molecular formula is C40H64NiP4+4. The van der Waals surface area contributed by atoms with E-state index in [4.69, 9.17) is 0 Å². The van der Waals surface area contributed by atoms with Crippen LogP contribution in [-0.2, 0) is 16.5 Å². The van der Waals surface area contributed by atoms with E-state index in [0.717, 1.165) is 0 Å². The molecule has 0 aromatic heterocycles. The van der Waals surface area contributed by atoms with Gasteiger partial charge in [0.25, 0.3) is 0 Å². The quantitative estimate of drug-likeness (QED) is 0.101. The second-order valence-corrected chi connectivity index (χ2v) is 23.5. The summed E-state index contributed by atoms with van der Waals surface area (Å²) in [6.07, 6.45) is 10.8. The molecule has 0 heterocycles. The summed E-state index contributed by atoms with van der Waals surface area (Å²) < 4.78 is 0. The zero-order valence-corrected chi connectivity index (χ0v) is 34.5. The van der Waals surface area contributed by atoms with Crippen LogP contribution in [0.15, 0.2) is 121 Å². The van der Waals surface area contributed by atoms with Gasteiger partial charge in [0.1, 0.15) is 0 Å². The fourth-order valence-corrected chi connectivity index (χ4v) is 13.2. The van der Waals surface area contributed by atoms with Gasteiger partial charge in [-0.15, -0.1) is 0 Å². The summed E-state index contributed by atoms with van der Waals surface area (Å²) in [4.78, 5) is 0. The minimum absolute atomic E-state index is 0. The molecule has 0 N–H and O–H groups in total. The zero-order valence-electron chi connectivity index (χ0n) is 29.5. The molecule has 0 atom stereocenters. The zero-order chi connectivity index (χ0) is 32.4. The van der Waals surface area contributed by atoms with Crippen molar-refractivity contribution in [2.45, 2.75) is 55.4 Å². The van der Waals surface area contributed by atoms with E-state index in [9.17, 15) is 0 Å². The predicted molar refractivity (Wildman–Crippen MR) is 222 cm³/mol. The van der Waals surface area contributed by atoms with Gasteiger partial charge in [-0.3, -0.25) is 0 Å². The third kappa shape index (κ3) is 18.3. The fourth-order valence-electron chi connectivity index (χ4n) is 5.33. The van der Waals surface area contributed by atoms with Gasteiger partial charge in [0, 0.05) is 48.2 Å². The molecular weight excluding hydrogens is 663 g/mol. The van der Waals surface area contributed by atoms with Crippen LogP contribution in [0.25, 0.3) is 0 Å². The third-order valence-electron chi connectivity index (χ3n) is 8.14. The molecule has 0 saturated heterocycles. The van der Waals surface area contributed by atoms with Crippen molar-refractivity contribution in [2.75, 3.05) is 49.3 Å².